The molecule has 0 atom stereocenters. The van der Waals surface area contributed by atoms with Crippen molar-refractivity contribution in [3.63, 3.8) is 0 Å². The molecular weight excluding hydrogens is 1230 g/mol. The van der Waals surface area contributed by atoms with Crippen molar-refractivity contribution in [3.05, 3.63) is 314 Å². The molecule has 0 fully saturated rings. The Hall–Kier alpha value is -12.5. The first-order chi connectivity index (χ1) is 47.9. The molecule has 0 spiro atoms. The fourth-order valence-electron chi connectivity index (χ4n) is 15.5. The van der Waals surface area contributed by atoms with Crippen LogP contribution in [0.5, 0.6) is 0 Å². The van der Waals surface area contributed by atoms with Gasteiger partial charge in [-0.1, -0.05) is 188 Å². The normalized spacial score (nSPS) is 12.4. The van der Waals surface area contributed by atoms with Crippen molar-refractivity contribution in [2.45, 2.75) is 12.4 Å². The number of hydrogen-bond acceptors (Lipinski definition) is 2. The van der Waals surface area contributed by atoms with E-state index >= 15 is 0 Å². The van der Waals surface area contributed by atoms with Gasteiger partial charge in [-0.15, -0.1) is 0 Å². The summed E-state index contributed by atoms with van der Waals surface area (Å²) in [6, 6.07) is 99.0. The maximum Gasteiger partial charge on any atom is 0.416 e. The molecule has 466 valence electrons. The summed E-state index contributed by atoms with van der Waals surface area (Å²) < 4.78 is 98.8. The Bertz CT molecular complexity index is 6210. The predicted octanol–water partition coefficient (Wildman–Crippen LogP) is 23.9. The van der Waals surface area contributed by atoms with Gasteiger partial charge in [-0.25, -0.2) is 9.97 Å². The summed E-state index contributed by atoms with van der Waals surface area (Å²) in [5.74, 6) is 0.0869. The third-order valence-corrected chi connectivity index (χ3v) is 19.5. The second-order valence-corrected chi connectivity index (χ2v) is 25.0. The van der Waals surface area contributed by atoms with E-state index in [1.54, 1.807) is 12.1 Å². The monoisotopic (exact) mass is 1280 g/mol. The topological polar surface area (TPSA) is 45.5 Å². The molecule has 0 saturated heterocycles. The highest BCUT2D eigenvalue weighted by Gasteiger charge is 2.38. The van der Waals surface area contributed by atoms with Gasteiger partial charge in [0, 0.05) is 87.7 Å². The molecule has 98 heavy (non-hydrogen) atoms. The number of benzene rings is 14. The standard InChI is InChI=1S/C86H50F6N6/c87-85(88,89)54-45-52(46-55(49-54)86(90,91)92)82-69-44-43-51-21-7-8-26-60(51)83(69)94-84(93-82)53-47-58(97-72-37-15-11-29-67(72)80-63(33-19-41-76(80)97)61-31-17-39-74-78(61)65-27-9-13-35-70(65)95(74)56-22-3-1-4-23-56)50-59(48-53)98-73-38-16-12-30-68(73)81-64(34-20-42-77(81)98)62-32-18-40-75-79(62)66-28-10-14-36-71(66)96(75)57-24-5-2-6-25-57/h1-50H. The van der Waals surface area contributed by atoms with Gasteiger partial charge in [0.25, 0.3) is 0 Å². The van der Waals surface area contributed by atoms with Gasteiger partial charge in [0.05, 0.1) is 66.5 Å². The number of halogens is 6. The molecule has 0 unspecified atom stereocenters. The lowest BCUT2D eigenvalue weighted by Crippen LogP contribution is -2.11. The Morgan fingerprint density at radius 1 is 0.245 bits per heavy atom. The highest BCUT2D eigenvalue weighted by molar-refractivity contribution is 6.24. The number of hydrogen-bond donors (Lipinski definition) is 0. The van der Waals surface area contributed by atoms with Crippen LogP contribution in [-0.2, 0) is 12.4 Å². The minimum atomic E-state index is -5.12. The average Bonchev–Trinajstić information content (AvgIpc) is 1.55. The van der Waals surface area contributed by atoms with Crippen LogP contribution in [0.25, 0.3) is 177 Å². The van der Waals surface area contributed by atoms with Gasteiger partial charge in [0.2, 0.25) is 0 Å². The first-order valence-corrected chi connectivity index (χ1v) is 32.3. The Morgan fingerprint density at radius 3 is 0.990 bits per heavy atom. The summed E-state index contributed by atoms with van der Waals surface area (Å²) in [6.45, 7) is 0. The molecule has 0 radical (unpaired) electrons. The predicted molar refractivity (Wildman–Crippen MR) is 386 cm³/mol. The van der Waals surface area contributed by atoms with Gasteiger partial charge in [-0.2, -0.15) is 26.3 Å². The smallest absolute Gasteiger partial charge is 0.309 e. The van der Waals surface area contributed by atoms with Crippen molar-refractivity contribution in [2.24, 2.45) is 0 Å². The lowest BCUT2D eigenvalue weighted by molar-refractivity contribution is -0.143. The molecule has 14 aromatic carbocycles. The molecule has 19 rings (SSSR count). The molecule has 19 aromatic rings. The van der Waals surface area contributed by atoms with Crippen LogP contribution in [0.1, 0.15) is 11.1 Å². The van der Waals surface area contributed by atoms with Crippen molar-refractivity contribution in [2.75, 3.05) is 0 Å². The zero-order valence-electron chi connectivity index (χ0n) is 51.8. The number of fused-ring (bicyclic) bond motifs is 15. The van der Waals surface area contributed by atoms with Crippen LogP contribution < -0.4 is 0 Å². The molecule has 12 heteroatoms. The summed E-state index contributed by atoms with van der Waals surface area (Å²) in [7, 11) is 0. The molecule has 0 amide bonds. The molecule has 0 aliphatic carbocycles. The lowest BCUT2D eigenvalue weighted by atomic mass is 9.95. The summed E-state index contributed by atoms with van der Waals surface area (Å²) >= 11 is 0. The number of aromatic nitrogens is 6. The number of nitrogens with zero attached hydrogens (tertiary/aromatic N) is 6. The Balaban J connectivity index is 0.913. The van der Waals surface area contributed by atoms with E-state index in [2.05, 4.69) is 231 Å². The van der Waals surface area contributed by atoms with Gasteiger partial charge in [0.15, 0.2) is 5.82 Å². The molecule has 0 saturated carbocycles. The van der Waals surface area contributed by atoms with Crippen molar-refractivity contribution in [3.8, 4) is 67.6 Å². The maximum absolute atomic E-state index is 14.9. The Labute approximate surface area is 555 Å². The summed E-state index contributed by atoms with van der Waals surface area (Å²) in [4.78, 5) is 10.6. The van der Waals surface area contributed by atoms with E-state index in [1.165, 1.54) is 0 Å². The van der Waals surface area contributed by atoms with E-state index in [0.29, 0.717) is 27.8 Å². The zero-order valence-corrected chi connectivity index (χ0v) is 51.8. The summed E-state index contributed by atoms with van der Waals surface area (Å²) in [6.07, 6.45) is -10.2. The number of alkyl halides is 6. The van der Waals surface area contributed by atoms with E-state index < -0.39 is 23.5 Å². The van der Waals surface area contributed by atoms with Crippen LogP contribution in [-0.4, -0.2) is 28.2 Å². The second kappa shape index (κ2) is 21.5. The first kappa shape index (κ1) is 57.0. The van der Waals surface area contributed by atoms with E-state index in [-0.39, 0.29) is 28.5 Å². The van der Waals surface area contributed by atoms with Gasteiger partial charge >= 0.3 is 12.4 Å². The Kier molecular flexibility index (Phi) is 12.5. The molecule has 5 aromatic heterocycles. The van der Waals surface area contributed by atoms with Gasteiger partial charge in [-0.05, 0) is 143 Å². The molecule has 0 N–H and O–H groups in total. The van der Waals surface area contributed by atoms with E-state index in [1.807, 2.05) is 60.7 Å². The fraction of sp³-hybridized carbons (Fsp3) is 0.0233. The lowest BCUT2D eigenvalue weighted by Gasteiger charge is -2.18. The number of para-hydroxylation sites is 6. The third-order valence-electron chi connectivity index (χ3n) is 19.5. The fourth-order valence-corrected chi connectivity index (χ4v) is 15.5. The molecule has 0 aliphatic rings. The first-order valence-electron chi connectivity index (χ1n) is 32.3. The van der Waals surface area contributed by atoms with Crippen molar-refractivity contribution < 1.29 is 26.3 Å². The largest absolute Gasteiger partial charge is 0.416 e. The van der Waals surface area contributed by atoms with Crippen LogP contribution >= 0.6 is 0 Å². The quantitative estimate of drug-likeness (QED) is 0.112. The van der Waals surface area contributed by atoms with E-state index in [0.717, 1.165) is 138 Å². The van der Waals surface area contributed by atoms with Crippen molar-refractivity contribution in [1.29, 1.82) is 0 Å². The zero-order chi connectivity index (χ0) is 65.7. The van der Waals surface area contributed by atoms with E-state index in [4.69, 9.17) is 9.97 Å². The highest BCUT2D eigenvalue weighted by Crippen LogP contribution is 2.49. The molecule has 5 heterocycles. The van der Waals surface area contributed by atoms with Crippen LogP contribution in [0.2, 0.25) is 0 Å². The SMILES string of the molecule is FC(F)(F)c1cc(-c2nc(-c3cc(-n4c5ccccc5c5c(-c6cccc7c6c6ccccc6n7-c6ccccc6)cccc54)cc(-n4c5ccccc5c5c(-c6cccc7c6c6ccccc6n7-c6ccccc6)cccc54)c3)nc3c2ccc2ccccc23)cc(C(F)(F)F)c1. The third kappa shape index (κ3) is 8.70. The average molecular weight is 1280 g/mol. The summed E-state index contributed by atoms with van der Waals surface area (Å²) in [5.41, 5.74) is 12.9. The number of rotatable bonds is 8. The highest BCUT2D eigenvalue weighted by atomic mass is 19.4. The van der Waals surface area contributed by atoms with Crippen LogP contribution in [0.15, 0.2) is 303 Å². The van der Waals surface area contributed by atoms with Gasteiger partial charge in [-0.3, -0.25) is 0 Å². The van der Waals surface area contributed by atoms with Crippen LogP contribution in [0.3, 0.4) is 0 Å². The minimum absolute atomic E-state index is 0.0869. The van der Waals surface area contributed by atoms with Crippen LogP contribution in [0.4, 0.5) is 26.3 Å². The molecule has 0 aliphatic heterocycles. The minimum Gasteiger partial charge on any atom is -0.309 e. The van der Waals surface area contributed by atoms with Gasteiger partial charge in [0.1, 0.15) is 0 Å². The van der Waals surface area contributed by atoms with Crippen LogP contribution in [0, 0.1) is 0 Å². The van der Waals surface area contributed by atoms with Crippen molar-refractivity contribution in [1.82, 2.24) is 28.2 Å². The van der Waals surface area contributed by atoms with E-state index in [9.17, 15) is 26.3 Å². The second-order valence-electron chi connectivity index (χ2n) is 25.0. The molecular formula is C86H50F6N6. The molecule has 6 nitrogen and oxygen atoms in total. The van der Waals surface area contributed by atoms with Crippen molar-refractivity contribution >= 4 is 109 Å². The Morgan fingerprint density at radius 2 is 0.592 bits per heavy atom. The maximum atomic E-state index is 14.9. The molecule has 0 bridgehead atoms. The van der Waals surface area contributed by atoms with Gasteiger partial charge < -0.3 is 18.3 Å². The summed E-state index contributed by atoms with van der Waals surface area (Å²) in [5, 5.41) is 10.1.